The molecule has 0 heterocycles. The predicted molar refractivity (Wildman–Crippen MR) is 111 cm³/mol. The van der Waals surface area contributed by atoms with Crippen LogP contribution in [0.1, 0.15) is 94.3 Å². The fourth-order valence-electron chi connectivity index (χ4n) is 2.98. The van der Waals surface area contributed by atoms with E-state index in [0.717, 1.165) is 18.7 Å². The highest BCUT2D eigenvalue weighted by molar-refractivity contribution is 6.68. The third-order valence-electron chi connectivity index (χ3n) is 4.54. The zero-order valence-corrected chi connectivity index (χ0v) is 17.1. The molecule has 1 aromatic rings. The van der Waals surface area contributed by atoms with Crippen LogP contribution < -0.4 is 5.32 Å². The number of carbonyl (C=O) groups excluding carboxylic acids is 1. The molecule has 0 aliphatic heterocycles. The minimum Gasteiger partial charge on any atom is -0.385 e. The number of nitrogens with one attached hydrogen (secondary N) is 1. The molecule has 142 valence electrons. The van der Waals surface area contributed by atoms with E-state index in [1.165, 1.54) is 70.6 Å². The highest BCUT2D eigenvalue weighted by Gasteiger charge is 2.07. The van der Waals surface area contributed by atoms with Crippen molar-refractivity contribution in [2.24, 2.45) is 0 Å². The summed E-state index contributed by atoms with van der Waals surface area (Å²) < 4.78 is 0. The molecule has 0 atom stereocenters. The van der Waals surface area contributed by atoms with Crippen molar-refractivity contribution in [3.8, 4) is 0 Å². The zero-order valence-electron chi connectivity index (χ0n) is 15.6. The fourth-order valence-corrected chi connectivity index (χ4v) is 3.46. The maximum absolute atomic E-state index is 11.1. The van der Waals surface area contributed by atoms with Crippen LogP contribution in [0.2, 0.25) is 5.02 Å². The first-order valence-corrected chi connectivity index (χ1v) is 10.6. The second-order valence-corrected chi connectivity index (χ2v) is 7.53. The summed E-state index contributed by atoms with van der Waals surface area (Å²) in [7, 11) is 0. The van der Waals surface area contributed by atoms with Crippen molar-refractivity contribution >= 4 is 34.1 Å². The summed E-state index contributed by atoms with van der Waals surface area (Å²) >= 11 is 11.5. The van der Waals surface area contributed by atoms with Crippen molar-refractivity contribution in [2.45, 2.75) is 84.0 Å². The van der Waals surface area contributed by atoms with E-state index in [1.807, 2.05) is 6.07 Å². The van der Waals surface area contributed by atoms with Crippen LogP contribution in [0, 0.1) is 0 Å². The molecular formula is C21H33Cl2NO. The van der Waals surface area contributed by atoms with Crippen molar-refractivity contribution in [1.82, 2.24) is 0 Å². The molecule has 0 saturated carbocycles. The Hall–Kier alpha value is -0.730. The Labute approximate surface area is 163 Å². The Morgan fingerprint density at radius 3 is 1.88 bits per heavy atom. The molecule has 0 spiro atoms. The SMILES string of the molecule is CCCCCCCCCCCCCCNc1ccc(C(=O)Cl)c(Cl)c1. The summed E-state index contributed by atoms with van der Waals surface area (Å²) in [6.07, 6.45) is 16.3. The minimum absolute atomic E-state index is 0.360. The molecule has 4 heteroatoms. The molecule has 0 aliphatic carbocycles. The van der Waals surface area contributed by atoms with E-state index >= 15 is 0 Å². The number of hydrogen-bond donors (Lipinski definition) is 1. The lowest BCUT2D eigenvalue weighted by atomic mass is 10.1. The lowest BCUT2D eigenvalue weighted by Crippen LogP contribution is -2.02. The van der Waals surface area contributed by atoms with Crippen molar-refractivity contribution < 1.29 is 4.79 Å². The van der Waals surface area contributed by atoms with Crippen LogP contribution in [0.25, 0.3) is 0 Å². The zero-order chi connectivity index (χ0) is 18.3. The Kier molecular flexibility index (Phi) is 12.9. The predicted octanol–water partition coefficient (Wildman–Crippen LogP) is 7.83. The third kappa shape index (κ3) is 10.8. The van der Waals surface area contributed by atoms with Gasteiger partial charge >= 0.3 is 0 Å². The minimum atomic E-state index is -0.516. The summed E-state index contributed by atoms with van der Waals surface area (Å²) in [5.74, 6) is 0. The maximum atomic E-state index is 11.1. The van der Waals surface area contributed by atoms with Gasteiger partial charge in [0.1, 0.15) is 0 Å². The van der Waals surface area contributed by atoms with Crippen molar-refractivity contribution in [2.75, 3.05) is 11.9 Å². The average molecular weight is 386 g/mol. The summed E-state index contributed by atoms with van der Waals surface area (Å²) in [6.45, 7) is 3.20. The summed E-state index contributed by atoms with van der Waals surface area (Å²) in [6, 6.07) is 5.28. The van der Waals surface area contributed by atoms with Crippen LogP contribution in [0.5, 0.6) is 0 Å². The van der Waals surface area contributed by atoms with Gasteiger partial charge in [0.25, 0.3) is 5.24 Å². The normalized spacial score (nSPS) is 10.8. The lowest BCUT2D eigenvalue weighted by molar-refractivity contribution is 0.108. The summed E-state index contributed by atoms with van der Waals surface area (Å²) in [4.78, 5) is 11.1. The van der Waals surface area contributed by atoms with Gasteiger partial charge in [-0.3, -0.25) is 4.79 Å². The molecule has 0 aromatic heterocycles. The van der Waals surface area contributed by atoms with Gasteiger partial charge in [-0.25, -0.2) is 0 Å². The van der Waals surface area contributed by atoms with Gasteiger partial charge in [-0.15, -0.1) is 0 Å². The van der Waals surface area contributed by atoms with Gasteiger partial charge in [0, 0.05) is 12.2 Å². The number of hydrogen-bond acceptors (Lipinski definition) is 2. The van der Waals surface area contributed by atoms with E-state index in [0.29, 0.717) is 10.6 Å². The molecule has 1 rings (SSSR count). The van der Waals surface area contributed by atoms with Crippen LogP contribution >= 0.6 is 23.2 Å². The number of rotatable bonds is 15. The molecule has 2 nitrogen and oxygen atoms in total. The number of carbonyl (C=O) groups is 1. The van der Waals surface area contributed by atoms with Crippen LogP contribution in [0.3, 0.4) is 0 Å². The van der Waals surface area contributed by atoms with E-state index < -0.39 is 5.24 Å². The fraction of sp³-hybridized carbons (Fsp3) is 0.667. The molecule has 1 aromatic carbocycles. The average Bonchev–Trinajstić information content (AvgIpc) is 2.58. The van der Waals surface area contributed by atoms with Crippen molar-refractivity contribution in [3.05, 3.63) is 28.8 Å². The van der Waals surface area contributed by atoms with Crippen molar-refractivity contribution in [1.29, 1.82) is 0 Å². The Balaban J connectivity index is 1.95. The Morgan fingerprint density at radius 2 is 1.40 bits per heavy atom. The Morgan fingerprint density at radius 1 is 0.880 bits per heavy atom. The molecular weight excluding hydrogens is 353 g/mol. The maximum Gasteiger partial charge on any atom is 0.253 e. The van der Waals surface area contributed by atoms with E-state index in [9.17, 15) is 4.79 Å². The third-order valence-corrected chi connectivity index (χ3v) is 5.06. The van der Waals surface area contributed by atoms with Crippen LogP contribution in [-0.4, -0.2) is 11.8 Å². The molecule has 0 saturated heterocycles. The van der Waals surface area contributed by atoms with E-state index in [2.05, 4.69) is 12.2 Å². The van der Waals surface area contributed by atoms with E-state index in [4.69, 9.17) is 23.2 Å². The molecule has 25 heavy (non-hydrogen) atoms. The topological polar surface area (TPSA) is 29.1 Å². The highest BCUT2D eigenvalue weighted by atomic mass is 35.5. The van der Waals surface area contributed by atoms with Crippen LogP contribution in [0.4, 0.5) is 5.69 Å². The van der Waals surface area contributed by atoms with Gasteiger partial charge in [-0.2, -0.15) is 0 Å². The summed E-state index contributed by atoms with van der Waals surface area (Å²) in [5.41, 5.74) is 1.30. The molecule has 0 aliphatic rings. The molecule has 0 radical (unpaired) electrons. The van der Waals surface area contributed by atoms with Crippen LogP contribution in [0.15, 0.2) is 18.2 Å². The van der Waals surface area contributed by atoms with Gasteiger partial charge in [-0.05, 0) is 36.2 Å². The van der Waals surface area contributed by atoms with Crippen LogP contribution in [-0.2, 0) is 0 Å². The first-order valence-electron chi connectivity index (χ1n) is 9.88. The number of halogens is 2. The second kappa shape index (κ2) is 14.4. The standard InChI is InChI=1S/C21H33Cl2NO/c1-2-3-4-5-6-7-8-9-10-11-12-13-16-24-18-14-15-19(21(23)25)20(22)17-18/h14-15,17,24H,2-13,16H2,1H3. The van der Waals surface area contributed by atoms with Gasteiger partial charge < -0.3 is 5.32 Å². The highest BCUT2D eigenvalue weighted by Crippen LogP contribution is 2.22. The summed E-state index contributed by atoms with van der Waals surface area (Å²) in [5, 5.41) is 3.23. The smallest absolute Gasteiger partial charge is 0.253 e. The van der Waals surface area contributed by atoms with E-state index in [-0.39, 0.29) is 0 Å². The lowest BCUT2D eigenvalue weighted by Gasteiger charge is -2.08. The second-order valence-electron chi connectivity index (χ2n) is 6.78. The first kappa shape index (κ1) is 22.3. The number of unbranched alkanes of at least 4 members (excludes halogenated alkanes) is 11. The quantitative estimate of drug-likeness (QED) is 0.246. The van der Waals surface area contributed by atoms with Gasteiger partial charge in [0.15, 0.2) is 0 Å². The van der Waals surface area contributed by atoms with Gasteiger partial charge in [-0.1, -0.05) is 89.2 Å². The molecule has 1 N–H and O–H groups in total. The number of anilines is 1. The van der Waals surface area contributed by atoms with Crippen molar-refractivity contribution in [3.63, 3.8) is 0 Å². The van der Waals surface area contributed by atoms with Gasteiger partial charge in [0.2, 0.25) is 0 Å². The molecule has 0 fully saturated rings. The largest absolute Gasteiger partial charge is 0.385 e. The molecule has 0 unspecified atom stereocenters. The Bertz CT molecular complexity index is 491. The molecule has 0 amide bonds. The monoisotopic (exact) mass is 385 g/mol. The number of benzene rings is 1. The van der Waals surface area contributed by atoms with Gasteiger partial charge in [0.05, 0.1) is 10.6 Å². The molecule has 0 bridgehead atoms. The van der Waals surface area contributed by atoms with E-state index in [1.54, 1.807) is 12.1 Å². The first-order chi connectivity index (χ1) is 12.1.